The second-order valence-corrected chi connectivity index (χ2v) is 7.16. The molecule has 0 unspecified atom stereocenters. The van der Waals surface area contributed by atoms with E-state index in [1.54, 1.807) is 56.5 Å². The second kappa shape index (κ2) is 6.68. The Morgan fingerprint density at radius 2 is 1.80 bits per heavy atom. The first-order valence-corrected chi connectivity index (χ1v) is 9.07. The van der Waals surface area contributed by atoms with Gasteiger partial charge in [-0.1, -0.05) is 18.2 Å². The van der Waals surface area contributed by atoms with E-state index in [0.717, 1.165) is 0 Å². The highest BCUT2D eigenvalue weighted by molar-refractivity contribution is 8.00. The molecule has 0 amide bonds. The molecule has 0 saturated heterocycles. The molecule has 1 aliphatic rings. The predicted molar refractivity (Wildman–Crippen MR) is 95.2 cm³/mol. The molecule has 0 fully saturated rings. The number of nitrogens with zero attached hydrogens (tertiary/aromatic N) is 1. The molecule has 2 aromatic carbocycles. The van der Waals surface area contributed by atoms with Crippen molar-refractivity contribution in [1.29, 1.82) is 0 Å². The standard InChI is InChI=1S/C18H17FN2O3S/c1-12-17(13-7-9-15(24-2)10-8-13)25(22,23)21-18(12)20-11-14-5-3-4-6-16(14)19/h3-10H,11H2,1-2H3,(H,20,21). The number of methoxy groups -OCH3 is 1. The summed E-state index contributed by atoms with van der Waals surface area (Å²) in [5, 5.41) is 0. The van der Waals surface area contributed by atoms with Crippen LogP contribution in [0.1, 0.15) is 18.1 Å². The third-order valence-corrected chi connectivity index (χ3v) is 5.45. The van der Waals surface area contributed by atoms with Crippen molar-refractivity contribution in [2.24, 2.45) is 4.99 Å². The highest BCUT2D eigenvalue weighted by Gasteiger charge is 2.32. The van der Waals surface area contributed by atoms with Crippen LogP contribution in [0.15, 0.2) is 59.1 Å². The van der Waals surface area contributed by atoms with Crippen molar-refractivity contribution in [1.82, 2.24) is 4.72 Å². The average Bonchev–Trinajstić information content (AvgIpc) is 2.83. The monoisotopic (exact) mass is 360 g/mol. The van der Waals surface area contributed by atoms with E-state index in [-0.39, 0.29) is 23.1 Å². The van der Waals surface area contributed by atoms with E-state index in [4.69, 9.17) is 4.74 Å². The van der Waals surface area contributed by atoms with Crippen LogP contribution < -0.4 is 9.46 Å². The molecular weight excluding hydrogens is 343 g/mol. The summed E-state index contributed by atoms with van der Waals surface area (Å²) >= 11 is 0. The molecule has 25 heavy (non-hydrogen) atoms. The Kier molecular flexibility index (Phi) is 4.59. The van der Waals surface area contributed by atoms with Gasteiger partial charge >= 0.3 is 0 Å². The van der Waals surface area contributed by atoms with Crippen LogP contribution in [0.2, 0.25) is 0 Å². The van der Waals surface area contributed by atoms with Gasteiger partial charge in [-0.15, -0.1) is 0 Å². The Labute approximate surface area is 145 Å². The van der Waals surface area contributed by atoms with Crippen LogP contribution in [0.5, 0.6) is 5.75 Å². The van der Waals surface area contributed by atoms with Gasteiger partial charge in [0.1, 0.15) is 22.3 Å². The molecule has 0 radical (unpaired) electrons. The number of nitrogens with one attached hydrogen (secondary N) is 1. The molecular formula is C18H17FN2O3S. The Morgan fingerprint density at radius 1 is 1.12 bits per heavy atom. The first-order chi connectivity index (χ1) is 11.9. The Bertz CT molecular complexity index is 964. The minimum Gasteiger partial charge on any atom is -0.497 e. The third-order valence-electron chi connectivity index (χ3n) is 3.91. The smallest absolute Gasteiger partial charge is 0.264 e. The molecule has 0 spiro atoms. The molecule has 5 nitrogen and oxygen atoms in total. The normalized spacial score (nSPS) is 17.6. The maximum Gasteiger partial charge on any atom is 0.264 e. The number of ether oxygens (including phenoxy) is 1. The van der Waals surface area contributed by atoms with Crippen molar-refractivity contribution < 1.29 is 17.5 Å². The van der Waals surface area contributed by atoms with Gasteiger partial charge < -0.3 is 4.74 Å². The van der Waals surface area contributed by atoms with Gasteiger partial charge in [0.05, 0.1) is 13.7 Å². The second-order valence-electron chi connectivity index (χ2n) is 5.54. The van der Waals surface area contributed by atoms with Gasteiger partial charge in [-0.3, -0.25) is 9.71 Å². The Hall–Kier alpha value is -2.67. The molecule has 0 bridgehead atoms. The molecule has 2 aromatic rings. The van der Waals surface area contributed by atoms with E-state index >= 15 is 0 Å². The molecule has 0 saturated carbocycles. The van der Waals surface area contributed by atoms with Crippen LogP contribution in [0.25, 0.3) is 4.91 Å². The largest absolute Gasteiger partial charge is 0.497 e. The molecule has 130 valence electrons. The first kappa shape index (κ1) is 17.2. The zero-order chi connectivity index (χ0) is 18.0. The highest BCUT2D eigenvalue weighted by atomic mass is 32.2. The lowest BCUT2D eigenvalue weighted by Gasteiger charge is -2.04. The van der Waals surface area contributed by atoms with Gasteiger partial charge in [0, 0.05) is 11.1 Å². The van der Waals surface area contributed by atoms with Crippen molar-refractivity contribution in [3.8, 4) is 5.75 Å². The van der Waals surface area contributed by atoms with Crippen LogP contribution in [0, 0.1) is 5.82 Å². The van der Waals surface area contributed by atoms with Crippen LogP contribution in [-0.2, 0) is 16.6 Å². The summed E-state index contributed by atoms with van der Waals surface area (Å²) in [6, 6.07) is 13.0. The fourth-order valence-corrected chi connectivity index (χ4v) is 4.14. The van der Waals surface area contributed by atoms with Crippen molar-refractivity contribution in [3.05, 3.63) is 71.0 Å². The topological polar surface area (TPSA) is 67.8 Å². The van der Waals surface area contributed by atoms with Crippen molar-refractivity contribution in [3.63, 3.8) is 0 Å². The summed E-state index contributed by atoms with van der Waals surface area (Å²) in [4.78, 5) is 4.41. The molecule has 0 aliphatic carbocycles. The number of aliphatic imine (C=N–C) groups is 1. The Balaban J connectivity index is 1.96. The average molecular weight is 360 g/mol. The zero-order valence-electron chi connectivity index (χ0n) is 13.8. The van der Waals surface area contributed by atoms with E-state index < -0.39 is 10.0 Å². The van der Waals surface area contributed by atoms with Gasteiger partial charge in [0.25, 0.3) is 10.0 Å². The fraction of sp³-hybridized carbons (Fsp3) is 0.167. The maximum absolute atomic E-state index is 13.7. The summed E-state index contributed by atoms with van der Waals surface area (Å²) in [5.41, 5.74) is 1.45. The molecule has 7 heteroatoms. The summed E-state index contributed by atoms with van der Waals surface area (Å²) in [6.07, 6.45) is 0. The Morgan fingerprint density at radius 3 is 2.44 bits per heavy atom. The number of hydrogen-bond donors (Lipinski definition) is 1. The molecule has 1 N–H and O–H groups in total. The van der Waals surface area contributed by atoms with Crippen LogP contribution in [-0.4, -0.2) is 21.4 Å². The minimum atomic E-state index is -3.71. The molecule has 0 atom stereocenters. The van der Waals surface area contributed by atoms with Crippen LogP contribution in [0.4, 0.5) is 4.39 Å². The van der Waals surface area contributed by atoms with E-state index in [9.17, 15) is 12.8 Å². The maximum atomic E-state index is 13.7. The summed E-state index contributed by atoms with van der Waals surface area (Å²) < 4.78 is 46.1. The van der Waals surface area contributed by atoms with E-state index in [1.165, 1.54) is 6.07 Å². The number of benzene rings is 2. The number of halogens is 1. The van der Waals surface area contributed by atoms with Crippen molar-refractivity contribution >= 4 is 20.8 Å². The van der Waals surface area contributed by atoms with Crippen LogP contribution >= 0.6 is 0 Å². The lowest BCUT2D eigenvalue weighted by atomic mass is 10.1. The SMILES string of the molecule is COc1ccc(C2=C(C)C(=NCc3ccccc3F)NS2(=O)=O)cc1. The lowest BCUT2D eigenvalue weighted by Crippen LogP contribution is -2.23. The van der Waals surface area contributed by atoms with E-state index in [1.807, 2.05) is 0 Å². The number of rotatable bonds is 4. The van der Waals surface area contributed by atoms with Gasteiger partial charge in [0.15, 0.2) is 0 Å². The third kappa shape index (κ3) is 3.41. The van der Waals surface area contributed by atoms with E-state index in [0.29, 0.717) is 22.4 Å². The van der Waals surface area contributed by atoms with Crippen molar-refractivity contribution in [2.75, 3.05) is 7.11 Å². The van der Waals surface area contributed by atoms with Gasteiger partial charge in [-0.05, 0) is 42.8 Å². The molecule has 0 aromatic heterocycles. The summed E-state index contributed by atoms with van der Waals surface area (Å²) in [7, 11) is -2.17. The van der Waals surface area contributed by atoms with Gasteiger partial charge in [0.2, 0.25) is 0 Å². The predicted octanol–water partition coefficient (Wildman–Crippen LogP) is 3.10. The minimum absolute atomic E-state index is 0.0533. The number of hydrogen-bond acceptors (Lipinski definition) is 4. The van der Waals surface area contributed by atoms with Gasteiger partial charge in [-0.25, -0.2) is 12.8 Å². The van der Waals surface area contributed by atoms with Crippen LogP contribution in [0.3, 0.4) is 0 Å². The molecule has 1 aliphatic heterocycles. The van der Waals surface area contributed by atoms with E-state index in [2.05, 4.69) is 9.71 Å². The molecule has 3 rings (SSSR count). The summed E-state index contributed by atoms with van der Waals surface area (Å²) in [5.74, 6) is 0.498. The lowest BCUT2D eigenvalue weighted by molar-refractivity contribution is 0.415. The summed E-state index contributed by atoms with van der Waals surface area (Å²) in [6.45, 7) is 1.73. The number of amidine groups is 1. The number of sulfonamides is 1. The molecule has 1 heterocycles. The zero-order valence-corrected chi connectivity index (χ0v) is 14.6. The first-order valence-electron chi connectivity index (χ1n) is 7.59. The fourth-order valence-electron chi connectivity index (χ4n) is 2.62. The quantitative estimate of drug-likeness (QED) is 0.911. The van der Waals surface area contributed by atoms with Gasteiger partial charge in [-0.2, -0.15) is 0 Å². The van der Waals surface area contributed by atoms with Crippen molar-refractivity contribution in [2.45, 2.75) is 13.5 Å². The highest BCUT2D eigenvalue weighted by Crippen LogP contribution is 2.31.